The molecule has 0 radical (unpaired) electrons. The molecule has 1 N–H and O–H groups in total. The Bertz CT molecular complexity index is 236. The number of rotatable bonds is 12. The van der Waals surface area contributed by atoms with E-state index in [0.29, 0.717) is 6.10 Å². The lowest BCUT2D eigenvalue weighted by molar-refractivity contribution is -0.147. The van der Waals surface area contributed by atoms with Gasteiger partial charge in [-0.3, -0.25) is 4.79 Å². The summed E-state index contributed by atoms with van der Waals surface area (Å²) in [5, 5.41) is 9.00. The van der Waals surface area contributed by atoms with Gasteiger partial charge in [-0.15, -0.1) is 0 Å². The van der Waals surface area contributed by atoms with Crippen LogP contribution in [0.25, 0.3) is 0 Å². The van der Waals surface area contributed by atoms with Crippen LogP contribution in [0.5, 0.6) is 0 Å². The van der Waals surface area contributed by atoms with Gasteiger partial charge in [0.2, 0.25) is 0 Å². The minimum absolute atomic E-state index is 0.337. The standard InChI is InChI=1S/C16H32O3/c1-5-6-7-8-11-14(2)19-13-10-9-12-16(3,4)15(17)18/h14H,5-13H2,1-4H3,(H,17,18). The van der Waals surface area contributed by atoms with Crippen molar-refractivity contribution in [3.63, 3.8) is 0 Å². The SMILES string of the molecule is CCCCCCC(C)OCCCCC(C)(C)C(=O)O. The fourth-order valence-electron chi connectivity index (χ4n) is 2.00. The van der Waals surface area contributed by atoms with E-state index in [0.717, 1.165) is 32.3 Å². The molecule has 0 rings (SSSR count). The van der Waals surface area contributed by atoms with E-state index >= 15 is 0 Å². The average Bonchev–Trinajstić information content (AvgIpc) is 2.34. The summed E-state index contributed by atoms with van der Waals surface area (Å²) in [5.74, 6) is -0.710. The quantitative estimate of drug-likeness (QED) is 0.526. The van der Waals surface area contributed by atoms with Gasteiger partial charge in [-0.25, -0.2) is 0 Å². The van der Waals surface area contributed by atoms with Gasteiger partial charge in [0.05, 0.1) is 11.5 Å². The van der Waals surface area contributed by atoms with Gasteiger partial charge in [0.1, 0.15) is 0 Å². The Morgan fingerprint density at radius 1 is 1.16 bits per heavy atom. The van der Waals surface area contributed by atoms with E-state index in [-0.39, 0.29) is 0 Å². The monoisotopic (exact) mass is 272 g/mol. The third kappa shape index (κ3) is 9.94. The Labute approximate surface area is 118 Å². The Hall–Kier alpha value is -0.570. The molecule has 0 fully saturated rings. The van der Waals surface area contributed by atoms with Crippen molar-refractivity contribution in [3.05, 3.63) is 0 Å². The summed E-state index contributed by atoms with van der Waals surface area (Å²) < 4.78 is 5.75. The van der Waals surface area contributed by atoms with Crippen LogP contribution in [0, 0.1) is 5.41 Å². The number of unbranched alkanes of at least 4 members (excludes halogenated alkanes) is 4. The zero-order valence-electron chi connectivity index (χ0n) is 13.2. The zero-order chi connectivity index (χ0) is 14.7. The maximum Gasteiger partial charge on any atom is 0.309 e. The molecule has 0 spiro atoms. The molecular formula is C16H32O3. The number of aliphatic carboxylic acids is 1. The Kier molecular flexibility index (Phi) is 9.94. The van der Waals surface area contributed by atoms with Gasteiger partial charge in [0.15, 0.2) is 0 Å². The third-order valence-electron chi connectivity index (χ3n) is 3.64. The molecule has 0 saturated heterocycles. The summed E-state index contributed by atoms with van der Waals surface area (Å²) >= 11 is 0. The van der Waals surface area contributed by atoms with Crippen molar-refractivity contribution in [2.75, 3.05) is 6.61 Å². The van der Waals surface area contributed by atoms with Gasteiger partial charge in [-0.1, -0.05) is 39.0 Å². The average molecular weight is 272 g/mol. The fourth-order valence-corrected chi connectivity index (χ4v) is 2.00. The fraction of sp³-hybridized carbons (Fsp3) is 0.938. The first-order chi connectivity index (χ1) is 8.90. The highest BCUT2D eigenvalue weighted by Crippen LogP contribution is 2.23. The highest BCUT2D eigenvalue weighted by Gasteiger charge is 2.25. The number of ether oxygens (including phenoxy) is 1. The van der Waals surface area contributed by atoms with Crippen molar-refractivity contribution >= 4 is 5.97 Å². The second-order valence-corrected chi connectivity index (χ2v) is 6.18. The molecule has 1 atom stereocenters. The summed E-state index contributed by atoms with van der Waals surface area (Å²) in [6.07, 6.45) is 9.21. The molecule has 0 aromatic rings. The van der Waals surface area contributed by atoms with E-state index in [2.05, 4.69) is 13.8 Å². The van der Waals surface area contributed by atoms with Crippen LogP contribution in [0.2, 0.25) is 0 Å². The second-order valence-electron chi connectivity index (χ2n) is 6.18. The number of carboxylic acid groups (broad SMARTS) is 1. The molecule has 114 valence electrons. The van der Waals surface area contributed by atoms with Crippen molar-refractivity contribution in [2.24, 2.45) is 5.41 Å². The van der Waals surface area contributed by atoms with Gasteiger partial charge in [-0.2, -0.15) is 0 Å². The van der Waals surface area contributed by atoms with Gasteiger partial charge in [0.25, 0.3) is 0 Å². The molecule has 0 aliphatic rings. The van der Waals surface area contributed by atoms with Crippen molar-refractivity contribution in [1.82, 2.24) is 0 Å². The van der Waals surface area contributed by atoms with Crippen molar-refractivity contribution < 1.29 is 14.6 Å². The largest absolute Gasteiger partial charge is 0.481 e. The maximum atomic E-state index is 10.9. The van der Waals surface area contributed by atoms with E-state index in [1.165, 1.54) is 25.7 Å². The first kappa shape index (κ1) is 18.4. The molecular weight excluding hydrogens is 240 g/mol. The van der Waals surface area contributed by atoms with Crippen LogP contribution in [0.4, 0.5) is 0 Å². The topological polar surface area (TPSA) is 46.5 Å². The minimum Gasteiger partial charge on any atom is -0.481 e. The van der Waals surface area contributed by atoms with Crippen LogP contribution in [-0.4, -0.2) is 23.8 Å². The van der Waals surface area contributed by atoms with Crippen LogP contribution in [0.1, 0.15) is 79.1 Å². The molecule has 0 saturated carbocycles. The van der Waals surface area contributed by atoms with Gasteiger partial charge < -0.3 is 9.84 Å². The Morgan fingerprint density at radius 2 is 1.84 bits per heavy atom. The van der Waals surface area contributed by atoms with Gasteiger partial charge in [-0.05, 0) is 40.0 Å². The van der Waals surface area contributed by atoms with Crippen molar-refractivity contribution in [1.29, 1.82) is 0 Å². The summed E-state index contributed by atoms with van der Waals surface area (Å²) in [7, 11) is 0. The summed E-state index contributed by atoms with van der Waals surface area (Å²) in [5.41, 5.74) is -0.605. The Balaban J connectivity index is 3.46. The van der Waals surface area contributed by atoms with Gasteiger partial charge in [0, 0.05) is 6.61 Å². The highest BCUT2D eigenvalue weighted by molar-refractivity contribution is 5.73. The van der Waals surface area contributed by atoms with Crippen molar-refractivity contribution in [2.45, 2.75) is 85.2 Å². The van der Waals surface area contributed by atoms with E-state index < -0.39 is 11.4 Å². The number of hydrogen-bond acceptors (Lipinski definition) is 2. The van der Waals surface area contributed by atoms with Crippen LogP contribution >= 0.6 is 0 Å². The number of carboxylic acids is 1. The predicted molar refractivity (Wildman–Crippen MR) is 79.4 cm³/mol. The molecule has 3 nitrogen and oxygen atoms in total. The third-order valence-corrected chi connectivity index (χ3v) is 3.64. The molecule has 1 unspecified atom stereocenters. The highest BCUT2D eigenvalue weighted by atomic mass is 16.5. The molecule has 0 aliphatic carbocycles. The van der Waals surface area contributed by atoms with E-state index in [4.69, 9.17) is 9.84 Å². The molecule has 0 heterocycles. The molecule has 0 aliphatic heterocycles. The lowest BCUT2D eigenvalue weighted by atomic mass is 9.87. The van der Waals surface area contributed by atoms with Crippen LogP contribution in [0.3, 0.4) is 0 Å². The maximum absolute atomic E-state index is 10.9. The Morgan fingerprint density at radius 3 is 2.42 bits per heavy atom. The van der Waals surface area contributed by atoms with Gasteiger partial charge >= 0.3 is 5.97 Å². The summed E-state index contributed by atoms with van der Waals surface area (Å²) in [4.78, 5) is 10.9. The van der Waals surface area contributed by atoms with E-state index in [1.54, 1.807) is 13.8 Å². The molecule has 19 heavy (non-hydrogen) atoms. The molecule has 0 aromatic carbocycles. The van der Waals surface area contributed by atoms with E-state index in [9.17, 15) is 4.79 Å². The smallest absolute Gasteiger partial charge is 0.309 e. The summed E-state index contributed by atoms with van der Waals surface area (Å²) in [6.45, 7) is 8.68. The second kappa shape index (κ2) is 10.2. The minimum atomic E-state index is -0.710. The molecule has 3 heteroatoms. The van der Waals surface area contributed by atoms with Crippen molar-refractivity contribution in [3.8, 4) is 0 Å². The van der Waals surface area contributed by atoms with Crippen LogP contribution in [-0.2, 0) is 9.53 Å². The van der Waals surface area contributed by atoms with E-state index in [1.807, 2.05) is 0 Å². The molecule has 0 amide bonds. The summed E-state index contributed by atoms with van der Waals surface area (Å²) in [6, 6.07) is 0. The van der Waals surface area contributed by atoms with Crippen LogP contribution in [0.15, 0.2) is 0 Å². The zero-order valence-corrected chi connectivity index (χ0v) is 13.2. The first-order valence-corrected chi connectivity index (χ1v) is 7.75. The number of carbonyl (C=O) groups is 1. The predicted octanol–water partition coefficient (Wildman–Crippen LogP) is 4.64. The van der Waals surface area contributed by atoms with Crippen LogP contribution < -0.4 is 0 Å². The molecule has 0 aromatic heterocycles. The lowest BCUT2D eigenvalue weighted by Gasteiger charge is -2.19. The molecule has 0 bridgehead atoms. The normalized spacial score (nSPS) is 13.5. The lowest BCUT2D eigenvalue weighted by Crippen LogP contribution is -2.23. The first-order valence-electron chi connectivity index (χ1n) is 7.75. The number of hydrogen-bond donors (Lipinski definition) is 1.